The summed E-state index contributed by atoms with van der Waals surface area (Å²) < 4.78 is 8.32. The Bertz CT molecular complexity index is 1320. The summed E-state index contributed by atoms with van der Waals surface area (Å²) >= 11 is 1.65. The first-order valence-electron chi connectivity index (χ1n) is 10.9. The number of anilines is 1. The van der Waals surface area contributed by atoms with Gasteiger partial charge in [-0.15, -0.1) is 11.3 Å². The van der Waals surface area contributed by atoms with Crippen molar-refractivity contribution in [3.05, 3.63) is 76.0 Å². The number of rotatable bonds is 6. The Kier molecular flexibility index (Phi) is 6.03. The minimum atomic E-state index is -0.0856. The van der Waals surface area contributed by atoms with E-state index >= 15 is 0 Å². The number of benzene rings is 2. The third-order valence-electron chi connectivity index (χ3n) is 5.97. The molecular formula is C25H25N3O3S. The van der Waals surface area contributed by atoms with E-state index in [9.17, 15) is 9.59 Å². The Hall–Kier alpha value is -3.00. The molecule has 7 heteroatoms. The Morgan fingerprint density at radius 2 is 1.78 bits per heavy atom. The van der Waals surface area contributed by atoms with Gasteiger partial charge < -0.3 is 14.6 Å². The molecule has 1 N–H and O–H groups in total. The van der Waals surface area contributed by atoms with E-state index in [0.29, 0.717) is 24.0 Å². The molecule has 3 heterocycles. The van der Waals surface area contributed by atoms with E-state index in [1.54, 1.807) is 15.9 Å². The van der Waals surface area contributed by atoms with E-state index in [1.165, 1.54) is 4.70 Å². The summed E-state index contributed by atoms with van der Waals surface area (Å²) in [4.78, 5) is 28.2. The molecule has 164 valence electrons. The number of fused-ring (bicyclic) bond motifs is 2. The van der Waals surface area contributed by atoms with Crippen LogP contribution in [0.4, 0.5) is 5.69 Å². The lowest BCUT2D eigenvalue weighted by atomic mass is 10.1. The van der Waals surface area contributed by atoms with Gasteiger partial charge in [-0.2, -0.15) is 0 Å². The normalized spacial score (nSPS) is 14.8. The van der Waals surface area contributed by atoms with Crippen LogP contribution in [-0.2, 0) is 22.5 Å². The number of carbonyl (C=O) groups excluding carboxylic acids is 1. The number of ether oxygens (including phenoxy) is 1. The van der Waals surface area contributed by atoms with E-state index in [0.717, 1.165) is 49.2 Å². The third-order valence-corrected chi connectivity index (χ3v) is 6.98. The summed E-state index contributed by atoms with van der Waals surface area (Å²) in [5.74, 6) is -0.0856. The van der Waals surface area contributed by atoms with Crippen LogP contribution in [0.1, 0.15) is 5.56 Å². The molecule has 0 spiro atoms. The number of amides is 1. The van der Waals surface area contributed by atoms with E-state index in [-0.39, 0.29) is 11.5 Å². The molecule has 1 aliphatic rings. The number of nitrogens with one attached hydrogen (secondary N) is 1. The second-order valence-corrected chi connectivity index (χ2v) is 8.93. The topological polar surface area (TPSA) is 63.6 Å². The fourth-order valence-corrected chi connectivity index (χ4v) is 5.18. The largest absolute Gasteiger partial charge is 0.379 e. The van der Waals surface area contributed by atoms with Crippen LogP contribution < -0.4 is 10.9 Å². The summed E-state index contributed by atoms with van der Waals surface area (Å²) in [6.07, 6.45) is 2.13. The van der Waals surface area contributed by atoms with Gasteiger partial charge in [0.1, 0.15) is 0 Å². The SMILES string of the molecule is O=C(Cc1csc2ccccc12)Nc1cccc2c(=O)n(CCN3CCOCC3)ccc12. The number of nitrogens with zero attached hydrogens (tertiary/aromatic N) is 2. The zero-order chi connectivity index (χ0) is 21.9. The first-order valence-corrected chi connectivity index (χ1v) is 11.7. The molecule has 5 rings (SSSR count). The van der Waals surface area contributed by atoms with Crippen molar-refractivity contribution in [2.75, 3.05) is 38.2 Å². The standard InChI is InChI=1S/C25H25N3O3S/c29-24(16-18-17-32-23-7-2-1-4-19(18)23)26-22-6-3-5-21-20(22)8-9-28(25(21)30)11-10-27-12-14-31-15-13-27/h1-9,17H,10-16H2,(H,26,29). The van der Waals surface area contributed by atoms with Gasteiger partial charge in [0, 0.05) is 53.5 Å². The van der Waals surface area contributed by atoms with Crippen molar-refractivity contribution in [2.24, 2.45) is 0 Å². The Morgan fingerprint density at radius 1 is 0.969 bits per heavy atom. The van der Waals surface area contributed by atoms with Crippen molar-refractivity contribution >= 4 is 43.8 Å². The van der Waals surface area contributed by atoms with E-state index in [2.05, 4.69) is 16.3 Å². The lowest BCUT2D eigenvalue weighted by Gasteiger charge is -2.26. The number of aromatic nitrogens is 1. The molecule has 32 heavy (non-hydrogen) atoms. The fraction of sp³-hybridized carbons (Fsp3) is 0.280. The zero-order valence-corrected chi connectivity index (χ0v) is 18.6. The summed E-state index contributed by atoms with van der Waals surface area (Å²) in [7, 11) is 0. The van der Waals surface area contributed by atoms with Gasteiger partial charge in [0.2, 0.25) is 5.91 Å². The maximum atomic E-state index is 13.1. The van der Waals surface area contributed by atoms with Gasteiger partial charge in [0.05, 0.1) is 19.6 Å². The monoisotopic (exact) mass is 447 g/mol. The maximum absolute atomic E-state index is 13.1. The number of hydrogen-bond acceptors (Lipinski definition) is 5. The number of thiophene rings is 1. The second kappa shape index (κ2) is 9.24. The third kappa shape index (κ3) is 4.32. The average molecular weight is 448 g/mol. The molecule has 1 saturated heterocycles. The molecule has 2 aromatic carbocycles. The van der Waals surface area contributed by atoms with Crippen molar-refractivity contribution in [3.63, 3.8) is 0 Å². The predicted octanol–water partition coefficient (Wildman–Crippen LogP) is 3.73. The molecule has 0 radical (unpaired) electrons. The lowest BCUT2D eigenvalue weighted by Crippen LogP contribution is -2.39. The molecule has 1 amide bonds. The fourth-order valence-electron chi connectivity index (χ4n) is 4.21. The van der Waals surface area contributed by atoms with Crippen molar-refractivity contribution in [2.45, 2.75) is 13.0 Å². The molecule has 0 unspecified atom stereocenters. The molecule has 0 aliphatic carbocycles. The van der Waals surface area contributed by atoms with Gasteiger partial charge in [0.15, 0.2) is 0 Å². The average Bonchev–Trinajstić information content (AvgIpc) is 3.22. The minimum Gasteiger partial charge on any atom is -0.379 e. The predicted molar refractivity (Wildman–Crippen MR) is 130 cm³/mol. The Morgan fingerprint density at radius 3 is 2.66 bits per heavy atom. The molecule has 6 nitrogen and oxygen atoms in total. The number of morpholine rings is 1. The van der Waals surface area contributed by atoms with Crippen LogP contribution >= 0.6 is 11.3 Å². The van der Waals surface area contributed by atoms with Crippen LogP contribution in [0.2, 0.25) is 0 Å². The van der Waals surface area contributed by atoms with Crippen molar-refractivity contribution in [1.29, 1.82) is 0 Å². The van der Waals surface area contributed by atoms with Crippen LogP contribution in [0.15, 0.2) is 64.9 Å². The summed E-state index contributed by atoms with van der Waals surface area (Å²) in [6, 6.07) is 15.5. The molecule has 1 aliphatic heterocycles. The number of pyridine rings is 1. The van der Waals surface area contributed by atoms with Crippen LogP contribution in [-0.4, -0.2) is 48.2 Å². The van der Waals surface area contributed by atoms with Crippen LogP contribution in [0, 0.1) is 0 Å². The van der Waals surface area contributed by atoms with Gasteiger partial charge in [0.25, 0.3) is 5.56 Å². The quantitative estimate of drug-likeness (QED) is 0.489. The van der Waals surface area contributed by atoms with Crippen molar-refractivity contribution in [1.82, 2.24) is 9.47 Å². The van der Waals surface area contributed by atoms with E-state index < -0.39 is 0 Å². The second-order valence-electron chi connectivity index (χ2n) is 8.02. The molecule has 2 aromatic heterocycles. The van der Waals surface area contributed by atoms with Gasteiger partial charge in [-0.05, 0) is 40.6 Å². The van der Waals surface area contributed by atoms with Crippen molar-refractivity contribution < 1.29 is 9.53 Å². The maximum Gasteiger partial charge on any atom is 0.258 e. The Labute approximate surface area is 190 Å². The minimum absolute atomic E-state index is 0.0318. The van der Waals surface area contributed by atoms with Crippen LogP contribution in [0.25, 0.3) is 20.9 Å². The Balaban J connectivity index is 1.33. The summed E-state index contributed by atoms with van der Waals surface area (Å²) in [6.45, 7) is 4.75. The molecule has 0 saturated carbocycles. The smallest absolute Gasteiger partial charge is 0.258 e. The summed E-state index contributed by atoms with van der Waals surface area (Å²) in [5.41, 5.74) is 1.66. The van der Waals surface area contributed by atoms with Gasteiger partial charge in [-0.1, -0.05) is 24.3 Å². The molecule has 1 fully saturated rings. The summed E-state index contributed by atoms with van der Waals surface area (Å²) in [5, 5.41) is 7.56. The molecule has 0 bridgehead atoms. The highest BCUT2D eigenvalue weighted by Crippen LogP contribution is 2.27. The van der Waals surface area contributed by atoms with Crippen LogP contribution in [0.3, 0.4) is 0 Å². The molecule has 0 atom stereocenters. The van der Waals surface area contributed by atoms with E-state index in [4.69, 9.17) is 4.74 Å². The van der Waals surface area contributed by atoms with Crippen molar-refractivity contribution in [3.8, 4) is 0 Å². The first kappa shape index (κ1) is 20.9. The number of hydrogen-bond donors (Lipinski definition) is 1. The highest BCUT2D eigenvalue weighted by molar-refractivity contribution is 7.17. The number of carbonyl (C=O) groups is 1. The molecule has 4 aromatic rings. The van der Waals surface area contributed by atoms with Crippen LogP contribution in [0.5, 0.6) is 0 Å². The highest BCUT2D eigenvalue weighted by atomic mass is 32.1. The van der Waals surface area contributed by atoms with Gasteiger partial charge in [-0.25, -0.2) is 0 Å². The van der Waals surface area contributed by atoms with E-state index in [1.807, 2.05) is 54.0 Å². The molecular weight excluding hydrogens is 422 g/mol. The van der Waals surface area contributed by atoms with Gasteiger partial charge in [-0.3, -0.25) is 14.5 Å². The van der Waals surface area contributed by atoms with Gasteiger partial charge >= 0.3 is 0 Å². The zero-order valence-electron chi connectivity index (χ0n) is 17.8. The highest BCUT2D eigenvalue weighted by Gasteiger charge is 2.14. The lowest BCUT2D eigenvalue weighted by molar-refractivity contribution is -0.115. The first-order chi connectivity index (χ1) is 15.7.